The highest BCUT2D eigenvalue weighted by molar-refractivity contribution is 5.25. The van der Waals surface area contributed by atoms with Crippen molar-refractivity contribution in [3.63, 3.8) is 0 Å². The maximum absolute atomic E-state index is 14.4. The molecule has 0 amide bonds. The van der Waals surface area contributed by atoms with Crippen LogP contribution in [0, 0.1) is 0 Å². The molecule has 0 heterocycles. The third-order valence-corrected chi connectivity index (χ3v) is 3.68. The topological polar surface area (TPSA) is 26.0 Å². The monoisotopic (exact) mass is 235 g/mol. The SMILES string of the molecule is NCCCc1cccc(CC2(F)CCCC2)c1. The Hall–Kier alpha value is -0.890. The van der Waals surface area contributed by atoms with E-state index < -0.39 is 5.67 Å². The summed E-state index contributed by atoms with van der Waals surface area (Å²) in [6, 6.07) is 8.35. The third-order valence-electron chi connectivity index (χ3n) is 3.68. The highest BCUT2D eigenvalue weighted by Gasteiger charge is 2.33. The Morgan fingerprint density at radius 1 is 1.18 bits per heavy atom. The first kappa shape index (κ1) is 12.6. The van der Waals surface area contributed by atoms with Crippen LogP contribution in [0.5, 0.6) is 0 Å². The van der Waals surface area contributed by atoms with Crippen molar-refractivity contribution in [3.8, 4) is 0 Å². The fourth-order valence-corrected chi connectivity index (χ4v) is 2.75. The van der Waals surface area contributed by atoms with E-state index in [1.165, 1.54) is 5.56 Å². The summed E-state index contributed by atoms with van der Waals surface area (Å²) in [5, 5.41) is 0. The molecule has 0 radical (unpaired) electrons. The lowest BCUT2D eigenvalue weighted by Crippen LogP contribution is -2.21. The summed E-state index contributed by atoms with van der Waals surface area (Å²) in [5.41, 5.74) is 7.00. The van der Waals surface area contributed by atoms with Gasteiger partial charge < -0.3 is 5.73 Å². The fourth-order valence-electron chi connectivity index (χ4n) is 2.75. The van der Waals surface area contributed by atoms with E-state index in [0.29, 0.717) is 6.42 Å². The molecule has 2 heteroatoms. The summed E-state index contributed by atoms with van der Waals surface area (Å²) in [5.74, 6) is 0. The van der Waals surface area contributed by atoms with Crippen LogP contribution in [0.4, 0.5) is 4.39 Å². The zero-order chi connectivity index (χ0) is 12.1. The third kappa shape index (κ3) is 3.53. The molecule has 1 aliphatic rings. The lowest BCUT2D eigenvalue weighted by atomic mass is 9.93. The fraction of sp³-hybridized carbons (Fsp3) is 0.600. The first-order valence-electron chi connectivity index (χ1n) is 6.69. The van der Waals surface area contributed by atoms with Crippen LogP contribution >= 0.6 is 0 Å². The maximum Gasteiger partial charge on any atom is 0.115 e. The zero-order valence-corrected chi connectivity index (χ0v) is 10.4. The molecular formula is C15H22FN. The van der Waals surface area contributed by atoms with Gasteiger partial charge in [0, 0.05) is 6.42 Å². The molecule has 0 aliphatic heterocycles. The van der Waals surface area contributed by atoms with E-state index >= 15 is 0 Å². The largest absolute Gasteiger partial charge is 0.330 e. The Morgan fingerprint density at radius 2 is 1.88 bits per heavy atom. The van der Waals surface area contributed by atoms with Gasteiger partial charge in [-0.2, -0.15) is 0 Å². The van der Waals surface area contributed by atoms with Gasteiger partial charge in [-0.25, -0.2) is 4.39 Å². The summed E-state index contributed by atoms with van der Waals surface area (Å²) < 4.78 is 14.4. The second kappa shape index (κ2) is 5.63. The van der Waals surface area contributed by atoms with E-state index in [1.54, 1.807) is 0 Å². The normalized spacial score (nSPS) is 18.5. The van der Waals surface area contributed by atoms with Gasteiger partial charge in [-0.1, -0.05) is 37.1 Å². The predicted octanol–water partition coefficient (Wildman–Crippen LogP) is 3.40. The van der Waals surface area contributed by atoms with Gasteiger partial charge >= 0.3 is 0 Å². The molecule has 17 heavy (non-hydrogen) atoms. The van der Waals surface area contributed by atoms with Crippen molar-refractivity contribution in [3.05, 3.63) is 35.4 Å². The predicted molar refractivity (Wildman–Crippen MR) is 69.8 cm³/mol. The van der Waals surface area contributed by atoms with E-state index in [9.17, 15) is 4.39 Å². The van der Waals surface area contributed by atoms with Gasteiger partial charge in [-0.15, -0.1) is 0 Å². The van der Waals surface area contributed by atoms with Crippen LogP contribution < -0.4 is 5.73 Å². The van der Waals surface area contributed by atoms with Crippen molar-refractivity contribution < 1.29 is 4.39 Å². The van der Waals surface area contributed by atoms with Crippen LogP contribution in [0.3, 0.4) is 0 Å². The van der Waals surface area contributed by atoms with Crippen molar-refractivity contribution in [1.29, 1.82) is 0 Å². The highest BCUT2D eigenvalue weighted by Crippen LogP contribution is 2.36. The number of nitrogens with two attached hydrogens (primary N) is 1. The molecule has 0 bridgehead atoms. The smallest absolute Gasteiger partial charge is 0.115 e. The molecule has 1 fully saturated rings. The van der Waals surface area contributed by atoms with E-state index in [1.807, 2.05) is 12.1 Å². The summed E-state index contributed by atoms with van der Waals surface area (Å²) >= 11 is 0. The number of benzene rings is 1. The van der Waals surface area contributed by atoms with Crippen molar-refractivity contribution >= 4 is 0 Å². The summed E-state index contributed by atoms with van der Waals surface area (Å²) in [7, 11) is 0. The maximum atomic E-state index is 14.4. The van der Waals surface area contributed by atoms with Crippen molar-refractivity contribution in [1.82, 2.24) is 0 Å². The molecule has 0 unspecified atom stereocenters. The Bertz CT molecular complexity index is 356. The summed E-state index contributed by atoms with van der Waals surface area (Å²) in [6.45, 7) is 0.720. The van der Waals surface area contributed by atoms with Gasteiger partial charge in [-0.3, -0.25) is 0 Å². The second-order valence-electron chi connectivity index (χ2n) is 5.25. The first-order valence-corrected chi connectivity index (χ1v) is 6.69. The van der Waals surface area contributed by atoms with E-state index in [2.05, 4.69) is 12.1 Å². The van der Waals surface area contributed by atoms with Crippen LogP contribution in [-0.2, 0) is 12.8 Å². The Balaban J connectivity index is 2.00. The summed E-state index contributed by atoms with van der Waals surface area (Å²) in [6.07, 6.45) is 6.16. The minimum atomic E-state index is -0.938. The summed E-state index contributed by atoms with van der Waals surface area (Å²) in [4.78, 5) is 0. The van der Waals surface area contributed by atoms with Crippen LogP contribution in [-0.4, -0.2) is 12.2 Å². The highest BCUT2D eigenvalue weighted by atomic mass is 19.1. The van der Waals surface area contributed by atoms with Gasteiger partial charge in [0.1, 0.15) is 5.67 Å². The van der Waals surface area contributed by atoms with E-state index in [0.717, 1.165) is 50.6 Å². The van der Waals surface area contributed by atoms with Gasteiger partial charge in [0.15, 0.2) is 0 Å². The molecule has 0 spiro atoms. The molecule has 94 valence electrons. The van der Waals surface area contributed by atoms with E-state index in [-0.39, 0.29) is 0 Å². The Kier molecular flexibility index (Phi) is 4.16. The van der Waals surface area contributed by atoms with Crippen molar-refractivity contribution in [2.24, 2.45) is 5.73 Å². The minimum absolute atomic E-state index is 0.587. The van der Waals surface area contributed by atoms with Gasteiger partial charge in [0.05, 0.1) is 0 Å². The van der Waals surface area contributed by atoms with Crippen LogP contribution in [0.1, 0.15) is 43.2 Å². The number of rotatable bonds is 5. The minimum Gasteiger partial charge on any atom is -0.330 e. The molecule has 0 atom stereocenters. The van der Waals surface area contributed by atoms with Gasteiger partial charge in [-0.05, 0) is 43.4 Å². The molecule has 1 aromatic carbocycles. The zero-order valence-electron chi connectivity index (χ0n) is 10.4. The Morgan fingerprint density at radius 3 is 2.59 bits per heavy atom. The van der Waals surface area contributed by atoms with Crippen LogP contribution in [0.2, 0.25) is 0 Å². The molecular weight excluding hydrogens is 213 g/mol. The number of hydrogen-bond donors (Lipinski definition) is 1. The van der Waals surface area contributed by atoms with Crippen molar-refractivity contribution in [2.45, 2.75) is 50.6 Å². The van der Waals surface area contributed by atoms with Gasteiger partial charge in [0.25, 0.3) is 0 Å². The first-order chi connectivity index (χ1) is 8.22. The molecule has 1 aliphatic carbocycles. The average Bonchev–Trinajstić information content (AvgIpc) is 2.73. The molecule has 2 rings (SSSR count). The Labute approximate surface area is 103 Å². The number of hydrogen-bond acceptors (Lipinski definition) is 1. The molecule has 0 aromatic heterocycles. The van der Waals surface area contributed by atoms with E-state index in [4.69, 9.17) is 5.73 Å². The van der Waals surface area contributed by atoms with Crippen LogP contribution in [0.15, 0.2) is 24.3 Å². The quantitative estimate of drug-likeness (QED) is 0.831. The lowest BCUT2D eigenvalue weighted by Gasteiger charge is -2.19. The van der Waals surface area contributed by atoms with Crippen molar-refractivity contribution in [2.75, 3.05) is 6.54 Å². The average molecular weight is 235 g/mol. The number of halogens is 1. The molecule has 1 saturated carbocycles. The molecule has 1 nitrogen and oxygen atoms in total. The number of alkyl halides is 1. The lowest BCUT2D eigenvalue weighted by molar-refractivity contribution is 0.173. The van der Waals surface area contributed by atoms with Gasteiger partial charge in [0.2, 0.25) is 0 Å². The standard InChI is InChI=1S/C15H22FN/c16-15(8-1-2-9-15)12-14-6-3-5-13(11-14)7-4-10-17/h3,5-6,11H,1-2,4,7-10,12,17H2. The molecule has 1 aromatic rings. The molecule has 2 N–H and O–H groups in total. The molecule has 0 saturated heterocycles. The second-order valence-corrected chi connectivity index (χ2v) is 5.25. The number of aryl methyl sites for hydroxylation is 1. The van der Waals surface area contributed by atoms with Crippen LogP contribution in [0.25, 0.3) is 0 Å².